The number of fused-ring (bicyclic) bond motifs is 1. The maximum atomic E-state index is 9.88. The first kappa shape index (κ1) is 19.0. The molecule has 1 aliphatic heterocycles. The Morgan fingerprint density at radius 1 is 1.07 bits per heavy atom. The number of aromatic nitrogens is 3. The van der Waals surface area contributed by atoms with Gasteiger partial charge in [0, 0.05) is 30.1 Å². The average Bonchev–Trinajstić information content (AvgIpc) is 3.23. The molecular formula is C25H26N4O. The molecule has 5 rings (SSSR count). The minimum atomic E-state index is -0.501. The number of hydrogen-bond donors (Lipinski definition) is 2. The number of hydrogen-bond acceptors (Lipinski definition) is 4. The van der Waals surface area contributed by atoms with Crippen molar-refractivity contribution in [3.8, 4) is 22.3 Å². The molecule has 0 amide bonds. The first-order valence-electron chi connectivity index (χ1n) is 10.6. The van der Waals surface area contributed by atoms with Crippen LogP contribution in [-0.2, 0) is 0 Å². The van der Waals surface area contributed by atoms with Gasteiger partial charge in [-0.3, -0.25) is 0 Å². The van der Waals surface area contributed by atoms with Crippen LogP contribution in [0.25, 0.3) is 27.9 Å². The fourth-order valence-electron chi connectivity index (χ4n) is 4.28. The van der Waals surface area contributed by atoms with Crippen molar-refractivity contribution in [2.24, 2.45) is 0 Å². The Balaban J connectivity index is 1.44. The molecule has 0 saturated carbocycles. The molecule has 1 fully saturated rings. The van der Waals surface area contributed by atoms with E-state index in [1.54, 1.807) is 6.92 Å². The largest absolute Gasteiger partial charge is 0.389 e. The average molecular weight is 399 g/mol. The van der Waals surface area contributed by atoms with E-state index in [4.69, 9.17) is 4.98 Å². The monoisotopic (exact) mass is 398 g/mol. The van der Waals surface area contributed by atoms with Gasteiger partial charge in [-0.2, -0.15) is 5.10 Å². The van der Waals surface area contributed by atoms with Gasteiger partial charge >= 0.3 is 0 Å². The molecule has 0 radical (unpaired) electrons. The SMILES string of the molecule is CC(O)c1cccc(-c2cnn3cc(-c4ccc(C5CCCNC5)cc4)cnc23)c1. The third-order valence-electron chi connectivity index (χ3n) is 6.05. The standard InChI is InChI=1S/C25H26N4O/c1-17(30)20-4-2-5-21(12-20)24-15-28-29-16-23(14-27-25(24)29)19-9-7-18(8-10-19)22-6-3-11-26-13-22/h2,4-5,7-10,12,14-17,22,26,30H,3,6,11,13H2,1H3. The van der Waals surface area contributed by atoms with Crippen LogP contribution in [0.4, 0.5) is 0 Å². The van der Waals surface area contributed by atoms with Crippen molar-refractivity contribution in [3.63, 3.8) is 0 Å². The highest BCUT2D eigenvalue weighted by molar-refractivity contribution is 5.78. The van der Waals surface area contributed by atoms with Crippen molar-refractivity contribution in [3.05, 3.63) is 78.2 Å². The highest BCUT2D eigenvalue weighted by Crippen LogP contribution is 2.29. The molecule has 2 atom stereocenters. The highest BCUT2D eigenvalue weighted by atomic mass is 16.3. The fraction of sp³-hybridized carbons (Fsp3) is 0.280. The Labute approximate surface area is 176 Å². The third-order valence-corrected chi connectivity index (χ3v) is 6.05. The number of rotatable bonds is 4. The number of piperidine rings is 1. The molecule has 0 spiro atoms. The van der Waals surface area contributed by atoms with Crippen LogP contribution < -0.4 is 5.32 Å². The van der Waals surface area contributed by atoms with Crippen LogP contribution in [0.1, 0.15) is 42.9 Å². The number of nitrogens with one attached hydrogen (secondary N) is 1. The van der Waals surface area contributed by atoms with Crippen molar-refractivity contribution in [1.29, 1.82) is 0 Å². The number of aliphatic hydroxyl groups excluding tert-OH is 1. The molecule has 1 saturated heterocycles. The molecule has 0 bridgehead atoms. The van der Waals surface area contributed by atoms with E-state index in [-0.39, 0.29) is 0 Å². The summed E-state index contributed by atoms with van der Waals surface area (Å²) in [6.45, 7) is 3.98. The Hall–Kier alpha value is -3.02. The van der Waals surface area contributed by atoms with Crippen molar-refractivity contribution in [2.45, 2.75) is 31.8 Å². The van der Waals surface area contributed by atoms with Crippen LogP contribution in [0.15, 0.2) is 67.1 Å². The van der Waals surface area contributed by atoms with E-state index in [2.05, 4.69) is 34.7 Å². The third kappa shape index (κ3) is 3.62. The lowest BCUT2D eigenvalue weighted by Gasteiger charge is -2.23. The van der Waals surface area contributed by atoms with Crippen LogP contribution in [0, 0.1) is 0 Å². The molecule has 5 heteroatoms. The zero-order valence-electron chi connectivity index (χ0n) is 17.1. The van der Waals surface area contributed by atoms with Crippen molar-refractivity contribution < 1.29 is 5.11 Å². The van der Waals surface area contributed by atoms with E-state index in [1.807, 2.05) is 47.4 Å². The molecule has 0 aliphatic carbocycles. The second-order valence-electron chi connectivity index (χ2n) is 8.14. The second kappa shape index (κ2) is 8.01. The lowest BCUT2D eigenvalue weighted by Crippen LogP contribution is -2.28. The quantitative estimate of drug-likeness (QED) is 0.528. The van der Waals surface area contributed by atoms with Crippen molar-refractivity contribution in [1.82, 2.24) is 19.9 Å². The number of aliphatic hydroxyl groups is 1. The Kier molecular flexibility index (Phi) is 5.07. The van der Waals surface area contributed by atoms with Crippen molar-refractivity contribution >= 4 is 5.65 Å². The summed E-state index contributed by atoms with van der Waals surface area (Å²) in [4.78, 5) is 4.71. The van der Waals surface area contributed by atoms with Crippen molar-refractivity contribution in [2.75, 3.05) is 13.1 Å². The fourth-order valence-corrected chi connectivity index (χ4v) is 4.28. The van der Waals surface area contributed by atoms with E-state index < -0.39 is 6.10 Å². The first-order valence-corrected chi connectivity index (χ1v) is 10.6. The first-order chi connectivity index (χ1) is 14.7. The molecule has 2 unspecified atom stereocenters. The maximum Gasteiger partial charge on any atom is 0.162 e. The molecule has 2 aromatic carbocycles. The summed E-state index contributed by atoms with van der Waals surface area (Å²) in [5.74, 6) is 0.611. The number of benzene rings is 2. The molecule has 30 heavy (non-hydrogen) atoms. The van der Waals surface area contributed by atoms with Gasteiger partial charge in [0.1, 0.15) is 0 Å². The van der Waals surface area contributed by atoms with Gasteiger partial charge in [0.2, 0.25) is 0 Å². The van der Waals surface area contributed by atoms with Gasteiger partial charge < -0.3 is 10.4 Å². The lowest BCUT2D eigenvalue weighted by atomic mass is 9.91. The zero-order valence-corrected chi connectivity index (χ0v) is 17.1. The van der Waals surface area contributed by atoms with Crippen LogP contribution in [0.2, 0.25) is 0 Å². The van der Waals surface area contributed by atoms with Gasteiger partial charge in [-0.05, 0) is 60.5 Å². The van der Waals surface area contributed by atoms with E-state index >= 15 is 0 Å². The smallest absolute Gasteiger partial charge is 0.162 e. The summed E-state index contributed by atoms with van der Waals surface area (Å²) in [6, 6.07) is 16.8. The molecule has 152 valence electrons. The van der Waals surface area contributed by atoms with Gasteiger partial charge in [-0.1, -0.05) is 42.5 Å². The summed E-state index contributed by atoms with van der Waals surface area (Å²) < 4.78 is 1.83. The Morgan fingerprint density at radius 3 is 2.70 bits per heavy atom. The lowest BCUT2D eigenvalue weighted by molar-refractivity contribution is 0.199. The summed E-state index contributed by atoms with van der Waals surface area (Å²) in [5.41, 5.74) is 7.26. The molecule has 5 nitrogen and oxygen atoms in total. The summed E-state index contributed by atoms with van der Waals surface area (Å²) >= 11 is 0. The summed E-state index contributed by atoms with van der Waals surface area (Å²) in [7, 11) is 0. The van der Waals surface area contributed by atoms with Gasteiger partial charge in [0.15, 0.2) is 5.65 Å². The summed E-state index contributed by atoms with van der Waals surface area (Å²) in [5, 5.41) is 17.9. The van der Waals surface area contributed by atoms with Crippen LogP contribution in [0.3, 0.4) is 0 Å². The number of nitrogens with zero attached hydrogens (tertiary/aromatic N) is 3. The normalized spacial score (nSPS) is 17.9. The van der Waals surface area contributed by atoms with E-state index in [9.17, 15) is 5.11 Å². The van der Waals surface area contributed by atoms with E-state index in [1.165, 1.54) is 18.4 Å². The molecule has 4 aromatic rings. The predicted octanol–water partition coefficient (Wildman–Crippen LogP) is 4.58. The summed E-state index contributed by atoms with van der Waals surface area (Å²) in [6.07, 6.45) is 7.78. The van der Waals surface area contributed by atoms with Crippen LogP contribution >= 0.6 is 0 Å². The van der Waals surface area contributed by atoms with Crippen LogP contribution in [-0.4, -0.2) is 32.8 Å². The molecule has 3 heterocycles. The van der Waals surface area contributed by atoms with Gasteiger partial charge in [-0.25, -0.2) is 9.50 Å². The molecule has 2 N–H and O–H groups in total. The zero-order chi connectivity index (χ0) is 20.5. The molecular weight excluding hydrogens is 372 g/mol. The van der Waals surface area contributed by atoms with Gasteiger partial charge in [0.05, 0.1) is 12.3 Å². The molecule has 1 aliphatic rings. The van der Waals surface area contributed by atoms with E-state index in [0.717, 1.165) is 46.6 Å². The van der Waals surface area contributed by atoms with Crippen LogP contribution in [0.5, 0.6) is 0 Å². The Bertz CT molecular complexity index is 1160. The van der Waals surface area contributed by atoms with Gasteiger partial charge in [0.25, 0.3) is 0 Å². The van der Waals surface area contributed by atoms with E-state index in [0.29, 0.717) is 5.92 Å². The topological polar surface area (TPSA) is 62.5 Å². The van der Waals surface area contributed by atoms with Gasteiger partial charge in [-0.15, -0.1) is 0 Å². The Morgan fingerprint density at radius 2 is 1.93 bits per heavy atom. The minimum Gasteiger partial charge on any atom is -0.389 e. The second-order valence-corrected chi connectivity index (χ2v) is 8.14. The highest BCUT2D eigenvalue weighted by Gasteiger charge is 2.15. The minimum absolute atomic E-state index is 0.501. The predicted molar refractivity (Wildman–Crippen MR) is 119 cm³/mol. The molecule has 2 aromatic heterocycles. The maximum absolute atomic E-state index is 9.88.